The summed E-state index contributed by atoms with van der Waals surface area (Å²) in [6.45, 7) is 7.99. The van der Waals surface area contributed by atoms with Crippen LogP contribution in [0.5, 0.6) is 0 Å². The van der Waals surface area contributed by atoms with Crippen molar-refractivity contribution in [2.45, 2.75) is 38.8 Å². The minimum absolute atomic E-state index is 0.198. The molecule has 0 radical (unpaired) electrons. The summed E-state index contributed by atoms with van der Waals surface area (Å²) in [5.74, 6) is 2.05. The van der Waals surface area contributed by atoms with Crippen molar-refractivity contribution in [1.82, 2.24) is 19.7 Å². The van der Waals surface area contributed by atoms with E-state index in [9.17, 15) is 4.79 Å². The number of para-hydroxylation sites is 1. The Bertz CT molecular complexity index is 728. The average Bonchev–Trinajstić information content (AvgIpc) is 2.94. The molecule has 1 unspecified atom stereocenters. The standard InChI is InChI=1S/C18H24N4OS/c1-13-7-6-10-21(11-13)17(23)12-24-18-20-19-15(3)22(18)16-9-5-4-8-14(16)2/h4-5,8-9,13H,6-7,10-12H2,1-3H3. The lowest BCUT2D eigenvalue weighted by molar-refractivity contribution is -0.130. The highest BCUT2D eigenvalue weighted by Crippen LogP contribution is 2.25. The highest BCUT2D eigenvalue weighted by Gasteiger charge is 2.22. The molecule has 0 saturated carbocycles. The third kappa shape index (κ3) is 3.64. The van der Waals surface area contributed by atoms with Crippen molar-refractivity contribution in [3.05, 3.63) is 35.7 Å². The molecule has 0 aliphatic carbocycles. The van der Waals surface area contributed by atoms with Crippen LogP contribution < -0.4 is 0 Å². The summed E-state index contributed by atoms with van der Waals surface area (Å²) in [5, 5.41) is 9.25. The zero-order chi connectivity index (χ0) is 17.1. The van der Waals surface area contributed by atoms with Gasteiger partial charge in [-0.25, -0.2) is 0 Å². The number of carbonyl (C=O) groups excluding carboxylic acids is 1. The van der Waals surface area contributed by atoms with E-state index >= 15 is 0 Å². The highest BCUT2D eigenvalue weighted by molar-refractivity contribution is 7.99. The van der Waals surface area contributed by atoms with Gasteiger partial charge in [0.05, 0.1) is 11.4 Å². The summed E-state index contributed by atoms with van der Waals surface area (Å²) in [7, 11) is 0. The summed E-state index contributed by atoms with van der Waals surface area (Å²) < 4.78 is 2.03. The SMILES string of the molecule is Cc1ccccc1-n1c(C)nnc1SCC(=O)N1CCCC(C)C1. The number of hydrogen-bond acceptors (Lipinski definition) is 4. The second-order valence-corrected chi connectivity index (χ2v) is 7.47. The molecule has 1 aliphatic heterocycles. The number of aryl methyl sites for hydroxylation is 2. The van der Waals surface area contributed by atoms with Crippen molar-refractivity contribution < 1.29 is 4.79 Å². The van der Waals surface area contributed by atoms with Gasteiger partial charge in [0.2, 0.25) is 5.91 Å². The second-order valence-electron chi connectivity index (χ2n) is 6.53. The van der Waals surface area contributed by atoms with E-state index < -0.39 is 0 Å². The predicted octanol–water partition coefficient (Wildman–Crippen LogP) is 3.23. The van der Waals surface area contributed by atoms with Crippen molar-refractivity contribution in [2.75, 3.05) is 18.8 Å². The first kappa shape index (κ1) is 17.0. The summed E-state index contributed by atoms with van der Waals surface area (Å²) in [6, 6.07) is 8.16. The molecule has 1 amide bonds. The van der Waals surface area contributed by atoms with Crippen LogP contribution in [0.25, 0.3) is 5.69 Å². The summed E-state index contributed by atoms with van der Waals surface area (Å²) >= 11 is 1.47. The van der Waals surface area contributed by atoms with Gasteiger partial charge in [-0.2, -0.15) is 0 Å². The monoisotopic (exact) mass is 344 g/mol. The molecule has 6 heteroatoms. The topological polar surface area (TPSA) is 51.0 Å². The molecular weight excluding hydrogens is 320 g/mol. The quantitative estimate of drug-likeness (QED) is 0.799. The number of aromatic nitrogens is 3. The van der Waals surface area contributed by atoms with Crippen molar-refractivity contribution >= 4 is 17.7 Å². The fourth-order valence-electron chi connectivity index (χ4n) is 3.16. The maximum absolute atomic E-state index is 12.5. The number of thioether (sulfide) groups is 1. The van der Waals surface area contributed by atoms with Gasteiger partial charge in [-0.15, -0.1) is 10.2 Å². The largest absolute Gasteiger partial charge is 0.342 e. The highest BCUT2D eigenvalue weighted by atomic mass is 32.2. The lowest BCUT2D eigenvalue weighted by Crippen LogP contribution is -2.40. The van der Waals surface area contributed by atoms with Crippen LogP contribution >= 0.6 is 11.8 Å². The van der Waals surface area contributed by atoms with Crippen LogP contribution in [0.4, 0.5) is 0 Å². The number of amides is 1. The normalized spacial score (nSPS) is 18.0. The molecule has 1 aliphatic rings. The third-order valence-corrected chi connectivity index (χ3v) is 5.40. The van der Waals surface area contributed by atoms with Crippen LogP contribution in [0.15, 0.2) is 29.4 Å². The van der Waals surface area contributed by atoms with E-state index in [4.69, 9.17) is 0 Å². The first-order valence-corrected chi connectivity index (χ1v) is 9.43. The number of piperidine rings is 1. The second kappa shape index (κ2) is 7.38. The van der Waals surface area contributed by atoms with E-state index in [1.54, 1.807) is 0 Å². The third-order valence-electron chi connectivity index (χ3n) is 4.49. The van der Waals surface area contributed by atoms with Crippen molar-refractivity contribution in [3.8, 4) is 5.69 Å². The summed E-state index contributed by atoms with van der Waals surface area (Å²) in [4.78, 5) is 14.5. The van der Waals surface area contributed by atoms with Crippen molar-refractivity contribution in [3.63, 3.8) is 0 Å². The molecule has 1 saturated heterocycles. The number of benzene rings is 1. The zero-order valence-corrected chi connectivity index (χ0v) is 15.3. The molecule has 24 heavy (non-hydrogen) atoms. The Kier molecular flexibility index (Phi) is 5.23. The molecule has 1 fully saturated rings. The summed E-state index contributed by atoms with van der Waals surface area (Å²) in [5.41, 5.74) is 2.24. The molecule has 1 aromatic carbocycles. The number of carbonyl (C=O) groups is 1. The lowest BCUT2D eigenvalue weighted by Gasteiger charge is -2.30. The molecule has 128 valence electrons. The molecule has 0 N–H and O–H groups in total. The Morgan fingerprint density at radius 3 is 2.83 bits per heavy atom. The van der Waals surface area contributed by atoms with Crippen LogP contribution in [0.2, 0.25) is 0 Å². The van der Waals surface area contributed by atoms with Gasteiger partial charge >= 0.3 is 0 Å². The van der Waals surface area contributed by atoms with Gasteiger partial charge in [0.25, 0.3) is 0 Å². The molecule has 2 heterocycles. The predicted molar refractivity (Wildman–Crippen MR) is 96.5 cm³/mol. The van der Waals surface area contributed by atoms with Crippen LogP contribution in [-0.4, -0.2) is 44.4 Å². The Hall–Kier alpha value is -1.82. The number of rotatable bonds is 4. The van der Waals surface area contributed by atoms with E-state index in [1.165, 1.54) is 23.7 Å². The fraction of sp³-hybridized carbons (Fsp3) is 0.500. The average molecular weight is 344 g/mol. The van der Waals surface area contributed by atoms with Gasteiger partial charge in [0.1, 0.15) is 5.82 Å². The molecule has 1 aromatic heterocycles. The van der Waals surface area contributed by atoms with Gasteiger partial charge in [-0.3, -0.25) is 9.36 Å². The van der Waals surface area contributed by atoms with E-state index in [1.807, 2.05) is 28.5 Å². The van der Waals surface area contributed by atoms with E-state index in [0.29, 0.717) is 11.7 Å². The Balaban J connectivity index is 1.73. The lowest BCUT2D eigenvalue weighted by atomic mass is 10.0. The van der Waals surface area contributed by atoms with Gasteiger partial charge in [-0.1, -0.05) is 36.9 Å². The fourth-order valence-corrected chi connectivity index (χ4v) is 4.05. The van der Waals surface area contributed by atoms with Crippen molar-refractivity contribution in [2.24, 2.45) is 5.92 Å². The maximum atomic E-state index is 12.5. The molecular formula is C18H24N4OS. The molecule has 1 atom stereocenters. The molecule has 0 spiro atoms. The Morgan fingerprint density at radius 1 is 1.29 bits per heavy atom. The van der Waals surface area contributed by atoms with Crippen LogP contribution in [-0.2, 0) is 4.79 Å². The number of hydrogen-bond donors (Lipinski definition) is 0. The van der Waals surface area contributed by atoms with Crippen LogP contribution in [0, 0.1) is 19.8 Å². The number of likely N-dealkylation sites (tertiary alicyclic amines) is 1. The first-order valence-electron chi connectivity index (χ1n) is 8.45. The van der Waals surface area contributed by atoms with Gasteiger partial charge in [0, 0.05) is 13.1 Å². The van der Waals surface area contributed by atoms with Gasteiger partial charge < -0.3 is 4.90 Å². The summed E-state index contributed by atoms with van der Waals surface area (Å²) in [6.07, 6.45) is 2.33. The molecule has 3 rings (SSSR count). The van der Waals surface area contributed by atoms with E-state index in [-0.39, 0.29) is 5.91 Å². The Labute approximate surface area is 147 Å². The number of nitrogens with zero attached hydrogens (tertiary/aromatic N) is 4. The van der Waals surface area contributed by atoms with Crippen LogP contribution in [0.1, 0.15) is 31.2 Å². The maximum Gasteiger partial charge on any atom is 0.233 e. The van der Waals surface area contributed by atoms with Gasteiger partial charge in [-0.05, 0) is 44.2 Å². The smallest absolute Gasteiger partial charge is 0.233 e. The zero-order valence-electron chi connectivity index (χ0n) is 14.5. The minimum atomic E-state index is 0.198. The van der Waals surface area contributed by atoms with E-state index in [2.05, 4.69) is 36.2 Å². The van der Waals surface area contributed by atoms with Crippen LogP contribution in [0.3, 0.4) is 0 Å². The first-order chi connectivity index (χ1) is 11.6. The molecule has 5 nitrogen and oxygen atoms in total. The molecule has 0 bridgehead atoms. The Morgan fingerprint density at radius 2 is 2.08 bits per heavy atom. The minimum Gasteiger partial charge on any atom is -0.342 e. The van der Waals surface area contributed by atoms with Crippen molar-refractivity contribution in [1.29, 1.82) is 0 Å². The van der Waals surface area contributed by atoms with Gasteiger partial charge in [0.15, 0.2) is 5.16 Å². The van der Waals surface area contributed by atoms with E-state index in [0.717, 1.165) is 36.2 Å². The molecule has 2 aromatic rings.